The highest BCUT2D eigenvalue weighted by Crippen LogP contribution is 2.17. The van der Waals surface area contributed by atoms with E-state index in [0.717, 1.165) is 11.9 Å². The Kier molecular flexibility index (Phi) is 3.86. The number of pyridine rings is 1. The molecule has 0 spiro atoms. The lowest BCUT2D eigenvalue weighted by molar-refractivity contribution is 0.601. The van der Waals surface area contributed by atoms with Crippen molar-refractivity contribution in [3.8, 4) is 6.07 Å². The Bertz CT molecular complexity index is 731. The third kappa shape index (κ3) is 3.05. The number of hydrogen-bond donors (Lipinski definition) is 2. The Balaban J connectivity index is 2.23. The van der Waals surface area contributed by atoms with Gasteiger partial charge in [0.05, 0.1) is 0 Å². The van der Waals surface area contributed by atoms with Crippen molar-refractivity contribution in [2.24, 2.45) is 0 Å². The molecular weight excluding hydrogens is 276 g/mol. The van der Waals surface area contributed by atoms with Crippen molar-refractivity contribution in [3.63, 3.8) is 0 Å². The van der Waals surface area contributed by atoms with E-state index in [0.29, 0.717) is 5.69 Å². The topological polar surface area (TPSA) is 94.9 Å². The second kappa shape index (κ2) is 5.59. The zero-order valence-corrected chi connectivity index (χ0v) is 11.5. The highest BCUT2D eigenvalue weighted by Gasteiger charge is 2.14. The van der Waals surface area contributed by atoms with Crippen molar-refractivity contribution in [1.29, 1.82) is 5.26 Å². The van der Waals surface area contributed by atoms with Crippen LogP contribution in [-0.2, 0) is 10.0 Å². The fourth-order valence-corrected chi connectivity index (χ4v) is 2.53. The molecule has 0 aliphatic carbocycles. The normalized spacial score (nSPS) is 10.6. The second-order valence-corrected chi connectivity index (χ2v) is 5.61. The smallest absolute Gasteiger partial charge is 0.263 e. The van der Waals surface area contributed by atoms with Crippen LogP contribution in [0.3, 0.4) is 0 Å². The maximum absolute atomic E-state index is 12.1. The Morgan fingerprint density at radius 3 is 2.25 bits per heavy atom. The van der Waals surface area contributed by atoms with E-state index >= 15 is 0 Å². The lowest BCUT2D eigenvalue weighted by atomic mass is 10.3. The van der Waals surface area contributed by atoms with E-state index < -0.39 is 10.0 Å². The minimum Gasteiger partial charge on any atom is -0.388 e. The number of rotatable bonds is 4. The van der Waals surface area contributed by atoms with Gasteiger partial charge in [-0.05, 0) is 36.4 Å². The van der Waals surface area contributed by atoms with Crippen LogP contribution in [0.25, 0.3) is 0 Å². The second-order valence-electron chi connectivity index (χ2n) is 3.92. The van der Waals surface area contributed by atoms with Gasteiger partial charge in [-0.1, -0.05) is 0 Å². The number of nitrogens with zero attached hydrogens (tertiary/aromatic N) is 2. The Morgan fingerprint density at radius 2 is 1.75 bits per heavy atom. The summed E-state index contributed by atoms with van der Waals surface area (Å²) < 4.78 is 26.7. The summed E-state index contributed by atoms with van der Waals surface area (Å²) in [5, 5.41) is 11.6. The van der Waals surface area contributed by atoms with E-state index in [1.165, 1.54) is 12.1 Å². The largest absolute Gasteiger partial charge is 0.388 e. The van der Waals surface area contributed by atoms with Crippen LogP contribution in [0.2, 0.25) is 0 Å². The predicted octanol–water partition coefficient (Wildman–Crippen LogP) is 1.80. The molecule has 0 saturated carbocycles. The molecule has 0 radical (unpaired) electrons. The molecule has 7 heteroatoms. The summed E-state index contributed by atoms with van der Waals surface area (Å²) >= 11 is 0. The van der Waals surface area contributed by atoms with Crippen LogP contribution >= 0.6 is 0 Å². The molecule has 0 atom stereocenters. The maximum Gasteiger partial charge on any atom is 0.263 e. The molecule has 1 aromatic carbocycles. The average molecular weight is 288 g/mol. The minimum atomic E-state index is -3.70. The lowest BCUT2D eigenvalue weighted by Crippen LogP contribution is -2.13. The van der Waals surface area contributed by atoms with Crippen molar-refractivity contribution in [2.75, 3.05) is 17.1 Å². The number of benzene rings is 1. The Labute approximate surface area is 117 Å². The van der Waals surface area contributed by atoms with Crippen LogP contribution in [0.5, 0.6) is 0 Å². The van der Waals surface area contributed by atoms with Gasteiger partial charge in [0, 0.05) is 24.6 Å². The van der Waals surface area contributed by atoms with E-state index in [4.69, 9.17) is 5.26 Å². The zero-order chi connectivity index (χ0) is 14.6. The third-order valence-electron chi connectivity index (χ3n) is 2.59. The molecule has 0 bridgehead atoms. The molecule has 102 valence electrons. The molecule has 0 aliphatic rings. The van der Waals surface area contributed by atoms with Crippen LogP contribution in [0, 0.1) is 11.3 Å². The van der Waals surface area contributed by atoms with Crippen LogP contribution in [0.1, 0.15) is 5.69 Å². The highest BCUT2D eigenvalue weighted by atomic mass is 32.2. The van der Waals surface area contributed by atoms with Gasteiger partial charge in [-0.25, -0.2) is 13.4 Å². The van der Waals surface area contributed by atoms with E-state index in [1.807, 2.05) is 6.07 Å². The van der Waals surface area contributed by atoms with Gasteiger partial charge >= 0.3 is 0 Å². The third-order valence-corrected chi connectivity index (χ3v) is 3.95. The molecule has 1 aromatic heterocycles. The molecule has 2 rings (SSSR count). The average Bonchev–Trinajstić information content (AvgIpc) is 2.48. The minimum absolute atomic E-state index is 0.00851. The SMILES string of the molecule is CNc1ccc(NS(=O)(=O)c2ccc(C#N)nc2)cc1. The van der Waals surface area contributed by atoms with Gasteiger partial charge in [0.1, 0.15) is 16.7 Å². The van der Waals surface area contributed by atoms with Crippen molar-refractivity contribution in [2.45, 2.75) is 4.90 Å². The van der Waals surface area contributed by atoms with Gasteiger partial charge in [-0.3, -0.25) is 4.72 Å². The molecule has 1 heterocycles. The predicted molar refractivity (Wildman–Crippen MR) is 75.7 cm³/mol. The Hall–Kier alpha value is -2.59. The lowest BCUT2D eigenvalue weighted by Gasteiger charge is -2.08. The molecule has 0 amide bonds. The standard InChI is InChI=1S/C13H12N4O2S/c1-15-10-2-4-11(5-3-10)17-20(18,19)13-7-6-12(8-14)16-9-13/h2-7,9,15,17H,1H3. The van der Waals surface area contributed by atoms with Crippen LogP contribution in [-0.4, -0.2) is 20.4 Å². The first-order valence-electron chi connectivity index (χ1n) is 5.72. The zero-order valence-electron chi connectivity index (χ0n) is 10.7. The fourth-order valence-electron chi connectivity index (χ4n) is 1.52. The quantitative estimate of drug-likeness (QED) is 0.894. The molecule has 6 nitrogen and oxygen atoms in total. The van der Waals surface area contributed by atoms with E-state index in [9.17, 15) is 8.42 Å². The van der Waals surface area contributed by atoms with E-state index in [1.54, 1.807) is 31.3 Å². The first kappa shape index (κ1) is 13.8. The first-order chi connectivity index (χ1) is 9.55. The van der Waals surface area contributed by atoms with Crippen LogP contribution < -0.4 is 10.0 Å². The highest BCUT2D eigenvalue weighted by molar-refractivity contribution is 7.92. The number of hydrogen-bond acceptors (Lipinski definition) is 5. The molecule has 0 saturated heterocycles. The molecule has 2 aromatic rings. The van der Waals surface area contributed by atoms with Crippen LogP contribution in [0.15, 0.2) is 47.5 Å². The molecule has 0 fully saturated rings. The molecule has 20 heavy (non-hydrogen) atoms. The fraction of sp³-hybridized carbons (Fsp3) is 0.0769. The summed E-state index contributed by atoms with van der Waals surface area (Å²) in [5.41, 5.74) is 1.50. The molecular formula is C13H12N4O2S. The van der Waals surface area contributed by atoms with Crippen molar-refractivity contribution in [3.05, 3.63) is 48.3 Å². The van der Waals surface area contributed by atoms with E-state index in [2.05, 4.69) is 15.0 Å². The van der Waals surface area contributed by atoms with Gasteiger partial charge in [-0.2, -0.15) is 5.26 Å². The van der Waals surface area contributed by atoms with Crippen molar-refractivity contribution in [1.82, 2.24) is 4.98 Å². The molecule has 2 N–H and O–H groups in total. The van der Waals surface area contributed by atoms with Crippen molar-refractivity contribution >= 4 is 21.4 Å². The summed E-state index contributed by atoms with van der Waals surface area (Å²) in [6, 6.07) is 11.4. The maximum atomic E-state index is 12.1. The van der Waals surface area contributed by atoms with Gasteiger partial charge in [-0.15, -0.1) is 0 Å². The summed E-state index contributed by atoms with van der Waals surface area (Å²) in [7, 11) is -1.92. The summed E-state index contributed by atoms with van der Waals surface area (Å²) in [6.07, 6.45) is 1.16. The Morgan fingerprint density at radius 1 is 1.10 bits per heavy atom. The first-order valence-corrected chi connectivity index (χ1v) is 7.20. The molecule has 0 unspecified atom stereocenters. The van der Waals surface area contributed by atoms with Crippen LogP contribution in [0.4, 0.5) is 11.4 Å². The number of sulfonamides is 1. The number of aromatic nitrogens is 1. The van der Waals surface area contributed by atoms with Gasteiger partial charge in [0.25, 0.3) is 10.0 Å². The molecule has 0 aliphatic heterocycles. The number of nitrogens with one attached hydrogen (secondary N) is 2. The number of nitriles is 1. The van der Waals surface area contributed by atoms with Gasteiger partial charge in [0.15, 0.2) is 0 Å². The number of anilines is 2. The monoisotopic (exact) mass is 288 g/mol. The van der Waals surface area contributed by atoms with Crippen molar-refractivity contribution < 1.29 is 8.42 Å². The van der Waals surface area contributed by atoms with Gasteiger partial charge in [0.2, 0.25) is 0 Å². The summed E-state index contributed by atoms with van der Waals surface area (Å²) in [6.45, 7) is 0. The van der Waals surface area contributed by atoms with E-state index in [-0.39, 0.29) is 10.6 Å². The summed E-state index contributed by atoms with van der Waals surface area (Å²) in [5.74, 6) is 0. The summed E-state index contributed by atoms with van der Waals surface area (Å²) in [4.78, 5) is 3.75. The van der Waals surface area contributed by atoms with Gasteiger partial charge < -0.3 is 5.32 Å².